The Morgan fingerprint density at radius 2 is 2.03 bits per heavy atom. The molecule has 1 N–H and O–H groups in total. The highest BCUT2D eigenvalue weighted by molar-refractivity contribution is 7.10. The van der Waals surface area contributed by atoms with Crippen LogP contribution in [0.4, 0.5) is 4.79 Å². The number of hydrogen-bond acceptors (Lipinski definition) is 5. The van der Waals surface area contributed by atoms with E-state index in [1.54, 1.807) is 22.7 Å². The molecule has 5 rings (SSSR count). The number of carbonyl (C=O) groups excluding carboxylic acids is 3. The van der Waals surface area contributed by atoms with Gasteiger partial charge in [0, 0.05) is 32.3 Å². The molecule has 1 aliphatic heterocycles. The Hall–Kier alpha value is -2.71. The van der Waals surface area contributed by atoms with Crippen molar-refractivity contribution in [1.29, 1.82) is 0 Å². The Morgan fingerprint density at radius 1 is 1.19 bits per heavy atom. The standard InChI is InChI=1S/C23H23N3O3S2/c1-14-11-17(15(2)25(14)12-16-5-4-9-30-16)19(27)13-26-21(28)23(24-22(26)29)8-3-6-20-18(23)7-10-31-20/h4-5,7,9-11H,3,6,8,12-13H2,1-2H3,(H,24,29)/t23-/m1/s1. The van der Waals surface area contributed by atoms with Gasteiger partial charge in [0.2, 0.25) is 0 Å². The number of fused-ring (bicyclic) bond motifs is 2. The number of hydrogen-bond donors (Lipinski definition) is 1. The number of rotatable bonds is 5. The molecule has 3 amide bonds. The van der Waals surface area contributed by atoms with E-state index >= 15 is 0 Å². The van der Waals surface area contributed by atoms with E-state index < -0.39 is 11.6 Å². The maximum absolute atomic E-state index is 13.4. The average Bonchev–Trinajstić information content (AvgIpc) is 3.52. The van der Waals surface area contributed by atoms with E-state index in [-0.39, 0.29) is 18.2 Å². The van der Waals surface area contributed by atoms with Crippen molar-refractivity contribution in [2.75, 3.05) is 6.54 Å². The van der Waals surface area contributed by atoms with Crippen molar-refractivity contribution in [2.45, 2.75) is 45.2 Å². The molecule has 1 fully saturated rings. The zero-order chi connectivity index (χ0) is 21.8. The van der Waals surface area contributed by atoms with Crippen LogP contribution in [0.2, 0.25) is 0 Å². The molecule has 1 saturated heterocycles. The summed E-state index contributed by atoms with van der Waals surface area (Å²) in [5.74, 6) is -0.523. The predicted octanol–water partition coefficient (Wildman–Crippen LogP) is 4.24. The van der Waals surface area contributed by atoms with E-state index in [1.165, 1.54) is 4.88 Å². The first-order chi connectivity index (χ1) is 14.9. The van der Waals surface area contributed by atoms with Crippen LogP contribution in [0.5, 0.6) is 0 Å². The third-order valence-corrected chi connectivity index (χ3v) is 8.25. The third-order valence-electron chi connectivity index (χ3n) is 6.41. The quantitative estimate of drug-likeness (QED) is 0.464. The first-order valence-electron chi connectivity index (χ1n) is 10.3. The molecule has 2 aliphatic rings. The Morgan fingerprint density at radius 3 is 2.81 bits per heavy atom. The number of nitrogens with zero attached hydrogens (tertiary/aromatic N) is 2. The number of amides is 3. The minimum atomic E-state index is -1.01. The van der Waals surface area contributed by atoms with Crippen LogP contribution >= 0.6 is 22.7 Å². The van der Waals surface area contributed by atoms with E-state index in [2.05, 4.69) is 16.0 Å². The molecule has 3 aromatic heterocycles. The second kappa shape index (κ2) is 7.46. The SMILES string of the molecule is Cc1cc(C(=O)CN2C(=O)N[C@@]3(CCCc4sccc43)C2=O)c(C)n1Cc1cccs1. The lowest BCUT2D eigenvalue weighted by Crippen LogP contribution is -2.46. The van der Waals surface area contributed by atoms with E-state index in [4.69, 9.17) is 0 Å². The van der Waals surface area contributed by atoms with Gasteiger partial charge in [-0.3, -0.25) is 14.5 Å². The summed E-state index contributed by atoms with van der Waals surface area (Å²) in [6.07, 6.45) is 2.33. The van der Waals surface area contributed by atoms with Gasteiger partial charge in [-0.2, -0.15) is 0 Å². The second-order valence-electron chi connectivity index (χ2n) is 8.21. The Labute approximate surface area is 188 Å². The summed E-state index contributed by atoms with van der Waals surface area (Å²) in [6.45, 7) is 4.35. The number of thiophene rings is 2. The number of aryl methyl sites for hydroxylation is 2. The number of Topliss-reactive ketones (excluding diaryl/α,β-unsaturated/α-hetero) is 1. The molecule has 1 atom stereocenters. The maximum atomic E-state index is 13.4. The first-order valence-corrected chi connectivity index (χ1v) is 12.1. The highest BCUT2D eigenvalue weighted by atomic mass is 32.1. The van der Waals surface area contributed by atoms with Crippen LogP contribution in [0, 0.1) is 13.8 Å². The lowest BCUT2D eigenvalue weighted by atomic mass is 9.80. The Balaban J connectivity index is 1.39. The number of nitrogens with one attached hydrogen (secondary N) is 1. The van der Waals surface area contributed by atoms with Crippen molar-refractivity contribution in [3.63, 3.8) is 0 Å². The van der Waals surface area contributed by atoms with Crippen LogP contribution in [0.1, 0.15) is 49.9 Å². The zero-order valence-electron chi connectivity index (χ0n) is 17.4. The van der Waals surface area contributed by atoms with E-state index in [0.717, 1.165) is 39.6 Å². The monoisotopic (exact) mass is 453 g/mol. The van der Waals surface area contributed by atoms with Gasteiger partial charge in [0.05, 0.1) is 13.1 Å². The molecule has 0 saturated carbocycles. The molecule has 4 heterocycles. The van der Waals surface area contributed by atoms with Crippen molar-refractivity contribution < 1.29 is 14.4 Å². The number of ketones is 1. The van der Waals surface area contributed by atoms with Gasteiger partial charge in [0.25, 0.3) is 5.91 Å². The normalized spacial score (nSPS) is 20.4. The molecule has 160 valence electrons. The Kier molecular flexibility index (Phi) is 4.86. The van der Waals surface area contributed by atoms with Gasteiger partial charge >= 0.3 is 6.03 Å². The van der Waals surface area contributed by atoms with E-state index in [0.29, 0.717) is 18.5 Å². The summed E-state index contributed by atoms with van der Waals surface area (Å²) in [6, 6.07) is 7.39. The number of carbonyl (C=O) groups is 3. The van der Waals surface area contributed by atoms with Crippen LogP contribution < -0.4 is 5.32 Å². The van der Waals surface area contributed by atoms with E-state index in [1.807, 2.05) is 42.8 Å². The zero-order valence-corrected chi connectivity index (χ0v) is 19.1. The van der Waals surface area contributed by atoms with Crippen molar-refractivity contribution in [2.24, 2.45) is 0 Å². The molecule has 6 nitrogen and oxygen atoms in total. The van der Waals surface area contributed by atoms with Gasteiger partial charge in [-0.1, -0.05) is 6.07 Å². The molecule has 8 heteroatoms. The Bertz CT molecular complexity index is 1190. The van der Waals surface area contributed by atoms with Gasteiger partial charge < -0.3 is 9.88 Å². The highest BCUT2D eigenvalue weighted by Gasteiger charge is 2.54. The summed E-state index contributed by atoms with van der Waals surface area (Å²) >= 11 is 3.29. The molecular weight excluding hydrogens is 430 g/mol. The molecule has 0 bridgehead atoms. The third kappa shape index (κ3) is 3.16. The maximum Gasteiger partial charge on any atom is 0.325 e. The molecule has 0 unspecified atom stereocenters. The molecular formula is C23H23N3O3S2. The van der Waals surface area contributed by atoms with Crippen molar-refractivity contribution in [3.05, 3.63) is 67.3 Å². The molecule has 1 spiro atoms. The first kappa shape index (κ1) is 20.2. The minimum absolute atomic E-state index is 0.215. The van der Waals surface area contributed by atoms with Gasteiger partial charge in [0.15, 0.2) is 5.78 Å². The molecule has 3 aromatic rings. The summed E-state index contributed by atoms with van der Waals surface area (Å²) in [4.78, 5) is 42.8. The average molecular weight is 454 g/mol. The highest BCUT2D eigenvalue weighted by Crippen LogP contribution is 2.42. The fraction of sp³-hybridized carbons (Fsp3) is 0.348. The lowest BCUT2D eigenvalue weighted by Gasteiger charge is -2.31. The van der Waals surface area contributed by atoms with Gasteiger partial charge in [-0.05, 0) is 62.1 Å². The molecule has 0 aromatic carbocycles. The van der Waals surface area contributed by atoms with Crippen molar-refractivity contribution >= 4 is 40.4 Å². The molecule has 0 radical (unpaired) electrons. The number of aromatic nitrogens is 1. The van der Waals surface area contributed by atoms with Crippen LogP contribution in [0.3, 0.4) is 0 Å². The molecule has 31 heavy (non-hydrogen) atoms. The fourth-order valence-corrected chi connectivity index (χ4v) is 6.49. The molecule has 1 aliphatic carbocycles. The van der Waals surface area contributed by atoms with Crippen LogP contribution in [0.15, 0.2) is 35.0 Å². The summed E-state index contributed by atoms with van der Waals surface area (Å²) in [5, 5.41) is 6.92. The minimum Gasteiger partial charge on any atom is -0.343 e. The van der Waals surface area contributed by atoms with Gasteiger partial charge in [0.1, 0.15) is 5.54 Å². The summed E-state index contributed by atoms with van der Waals surface area (Å²) < 4.78 is 2.10. The topological polar surface area (TPSA) is 71.4 Å². The number of urea groups is 1. The van der Waals surface area contributed by atoms with Gasteiger partial charge in [-0.25, -0.2) is 4.79 Å². The van der Waals surface area contributed by atoms with Crippen LogP contribution in [0.25, 0.3) is 0 Å². The van der Waals surface area contributed by atoms with Crippen LogP contribution in [-0.4, -0.2) is 33.7 Å². The predicted molar refractivity (Wildman–Crippen MR) is 121 cm³/mol. The second-order valence-corrected chi connectivity index (χ2v) is 10.2. The summed E-state index contributed by atoms with van der Waals surface area (Å²) in [5.41, 5.74) is 2.29. The fourth-order valence-electron chi connectivity index (χ4n) is 4.80. The smallest absolute Gasteiger partial charge is 0.325 e. The lowest BCUT2D eigenvalue weighted by molar-refractivity contribution is -0.131. The van der Waals surface area contributed by atoms with Crippen molar-refractivity contribution in [3.8, 4) is 0 Å². The number of imide groups is 1. The van der Waals surface area contributed by atoms with Crippen LogP contribution in [-0.2, 0) is 23.3 Å². The summed E-state index contributed by atoms with van der Waals surface area (Å²) in [7, 11) is 0. The van der Waals surface area contributed by atoms with Crippen molar-refractivity contribution in [1.82, 2.24) is 14.8 Å². The largest absolute Gasteiger partial charge is 0.343 e. The van der Waals surface area contributed by atoms with Gasteiger partial charge in [-0.15, -0.1) is 22.7 Å². The van der Waals surface area contributed by atoms with E-state index in [9.17, 15) is 14.4 Å².